The quantitative estimate of drug-likeness (QED) is 0.478. The smallest absolute Gasteiger partial charge is 0.269 e. The number of fused-ring (bicyclic) bond motifs is 1. The molecular formula is C21H25N5O3. The summed E-state index contributed by atoms with van der Waals surface area (Å²) in [6.45, 7) is 3.40. The third-order valence-corrected chi connectivity index (χ3v) is 4.86. The van der Waals surface area contributed by atoms with Crippen LogP contribution in [0.4, 0.5) is 0 Å². The van der Waals surface area contributed by atoms with Crippen LogP contribution >= 0.6 is 0 Å². The van der Waals surface area contributed by atoms with Crippen molar-refractivity contribution in [1.82, 2.24) is 20.0 Å². The number of carbonyl (C=O) groups excluding carboxylic acids is 2. The molecule has 0 bridgehead atoms. The zero-order chi connectivity index (χ0) is 21.0. The number of hydrogen-bond acceptors (Lipinski definition) is 5. The van der Waals surface area contributed by atoms with E-state index in [4.69, 9.17) is 5.73 Å². The lowest BCUT2D eigenvalue weighted by Crippen LogP contribution is -2.29. The standard InChI is InChI=1S/C21H25N5O3/c1-21(29,9-11-25(2)14-27)8-6-15-4-3-5-16(12-15)26-18-7-10-23-13-17(18)19(24-26)20(22)28/h3-5,12,14,23,29H,7,9-11,13H2,1-2H3,(H2,22,28). The van der Waals surface area contributed by atoms with Crippen molar-refractivity contribution < 1.29 is 14.7 Å². The number of nitrogens with one attached hydrogen (secondary N) is 1. The van der Waals surface area contributed by atoms with Gasteiger partial charge >= 0.3 is 0 Å². The molecule has 2 amide bonds. The molecule has 3 rings (SSSR count). The van der Waals surface area contributed by atoms with Crippen molar-refractivity contribution in [2.45, 2.75) is 31.9 Å². The molecule has 8 heteroatoms. The third kappa shape index (κ3) is 4.83. The summed E-state index contributed by atoms with van der Waals surface area (Å²) in [4.78, 5) is 23.9. The Morgan fingerprint density at radius 2 is 2.31 bits per heavy atom. The highest BCUT2D eigenvalue weighted by Gasteiger charge is 2.24. The Balaban J connectivity index is 1.88. The molecule has 1 atom stereocenters. The number of aromatic nitrogens is 2. The predicted molar refractivity (Wildman–Crippen MR) is 108 cm³/mol. The zero-order valence-electron chi connectivity index (χ0n) is 16.6. The summed E-state index contributed by atoms with van der Waals surface area (Å²) in [5.74, 6) is 5.32. The molecular weight excluding hydrogens is 370 g/mol. The number of carbonyl (C=O) groups is 2. The van der Waals surface area contributed by atoms with Crippen molar-refractivity contribution in [2.24, 2.45) is 5.73 Å². The molecule has 0 fully saturated rings. The Hall–Kier alpha value is -3.15. The van der Waals surface area contributed by atoms with Gasteiger partial charge in [-0.05, 0) is 25.1 Å². The highest BCUT2D eigenvalue weighted by atomic mass is 16.3. The molecule has 2 heterocycles. The van der Waals surface area contributed by atoms with Gasteiger partial charge in [0.1, 0.15) is 5.60 Å². The Bertz CT molecular complexity index is 984. The molecule has 29 heavy (non-hydrogen) atoms. The van der Waals surface area contributed by atoms with Gasteiger partial charge in [0, 0.05) is 50.7 Å². The van der Waals surface area contributed by atoms with Gasteiger partial charge in [-0.1, -0.05) is 17.9 Å². The fourth-order valence-electron chi connectivity index (χ4n) is 3.19. The summed E-state index contributed by atoms with van der Waals surface area (Å²) in [7, 11) is 1.65. The molecule has 2 aromatic rings. The van der Waals surface area contributed by atoms with E-state index in [0.717, 1.165) is 29.9 Å². The predicted octanol–water partition coefficient (Wildman–Crippen LogP) is 0.198. The minimum Gasteiger partial charge on any atom is -0.378 e. The molecule has 4 N–H and O–H groups in total. The van der Waals surface area contributed by atoms with Gasteiger partial charge in [-0.2, -0.15) is 5.10 Å². The summed E-state index contributed by atoms with van der Waals surface area (Å²) in [6, 6.07) is 7.45. The number of rotatable bonds is 6. The van der Waals surface area contributed by atoms with Crippen LogP contribution in [0.25, 0.3) is 5.69 Å². The molecule has 1 aliphatic heterocycles. The van der Waals surface area contributed by atoms with E-state index in [1.54, 1.807) is 18.7 Å². The second-order valence-electron chi connectivity index (χ2n) is 7.39. The van der Waals surface area contributed by atoms with E-state index in [0.29, 0.717) is 31.5 Å². The normalized spacial score (nSPS) is 14.9. The number of hydrogen-bond donors (Lipinski definition) is 3. The van der Waals surface area contributed by atoms with Crippen molar-refractivity contribution in [3.8, 4) is 17.5 Å². The van der Waals surface area contributed by atoms with Crippen molar-refractivity contribution in [2.75, 3.05) is 20.1 Å². The SMILES string of the molecule is CN(C=O)CCC(C)(O)C#Cc1cccc(-n2nc(C(N)=O)c3c2CCNC3)c1. The van der Waals surface area contributed by atoms with Crippen LogP contribution in [-0.4, -0.2) is 57.8 Å². The van der Waals surface area contributed by atoms with Gasteiger partial charge in [0.05, 0.1) is 11.4 Å². The summed E-state index contributed by atoms with van der Waals surface area (Å²) in [5, 5.41) is 18.1. The summed E-state index contributed by atoms with van der Waals surface area (Å²) >= 11 is 0. The van der Waals surface area contributed by atoms with Gasteiger partial charge in [0.25, 0.3) is 5.91 Å². The summed E-state index contributed by atoms with van der Waals surface area (Å²) in [6.07, 6.45) is 1.80. The maximum absolute atomic E-state index is 11.8. The van der Waals surface area contributed by atoms with E-state index in [2.05, 4.69) is 22.3 Å². The number of nitrogens with two attached hydrogens (primary N) is 1. The number of aliphatic hydroxyl groups is 1. The molecule has 0 saturated heterocycles. The molecule has 0 radical (unpaired) electrons. The van der Waals surface area contributed by atoms with Gasteiger partial charge in [-0.25, -0.2) is 4.68 Å². The molecule has 1 unspecified atom stereocenters. The molecule has 152 valence electrons. The topological polar surface area (TPSA) is 113 Å². The van der Waals surface area contributed by atoms with Gasteiger partial charge < -0.3 is 21.1 Å². The van der Waals surface area contributed by atoms with Gasteiger partial charge in [-0.15, -0.1) is 0 Å². The first-order valence-corrected chi connectivity index (χ1v) is 9.43. The third-order valence-electron chi connectivity index (χ3n) is 4.86. The maximum Gasteiger partial charge on any atom is 0.269 e. The van der Waals surface area contributed by atoms with E-state index in [1.807, 2.05) is 24.3 Å². The lowest BCUT2D eigenvalue weighted by Gasteiger charge is -2.19. The Kier molecular flexibility index (Phi) is 6.01. The van der Waals surface area contributed by atoms with Crippen LogP contribution in [-0.2, 0) is 17.8 Å². The second kappa shape index (κ2) is 8.47. The van der Waals surface area contributed by atoms with Crippen molar-refractivity contribution in [1.29, 1.82) is 0 Å². The van der Waals surface area contributed by atoms with Gasteiger partial charge in [-0.3, -0.25) is 9.59 Å². The highest BCUT2D eigenvalue weighted by molar-refractivity contribution is 5.92. The van der Waals surface area contributed by atoms with E-state index >= 15 is 0 Å². The first-order chi connectivity index (χ1) is 13.8. The van der Waals surface area contributed by atoms with Crippen molar-refractivity contribution in [3.63, 3.8) is 0 Å². The fraction of sp³-hybridized carbons (Fsp3) is 0.381. The second-order valence-corrected chi connectivity index (χ2v) is 7.39. The van der Waals surface area contributed by atoms with E-state index in [-0.39, 0.29) is 5.69 Å². The first kappa shape index (κ1) is 20.6. The number of benzene rings is 1. The van der Waals surface area contributed by atoms with Crippen molar-refractivity contribution in [3.05, 3.63) is 46.8 Å². The lowest BCUT2D eigenvalue weighted by atomic mass is 10.0. The van der Waals surface area contributed by atoms with Crippen LogP contribution in [0.2, 0.25) is 0 Å². The lowest BCUT2D eigenvalue weighted by molar-refractivity contribution is -0.117. The van der Waals surface area contributed by atoms with Gasteiger partial charge in [0.2, 0.25) is 6.41 Å². The van der Waals surface area contributed by atoms with E-state index in [9.17, 15) is 14.7 Å². The Morgan fingerprint density at radius 1 is 1.52 bits per heavy atom. The van der Waals surface area contributed by atoms with E-state index in [1.165, 1.54) is 4.90 Å². The molecule has 1 aromatic carbocycles. The van der Waals surface area contributed by atoms with E-state index < -0.39 is 11.5 Å². The minimum absolute atomic E-state index is 0.283. The van der Waals surface area contributed by atoms with Gasteiger partial charge in [0.15, 0.2) is 5.69 Å². The highest BCUT2D eigenvalue weighted by Crippen LogP contribution is 2.22. The largest absolute Gasteiger partial charge is 0.378 e. The Morgan fingerprint density at radius 3 is 3.03 bits per heavy atom. The Labute approximate surface area is 169 Å². The van der Waals surface area contributed by atoms with Crippen LogP contribution in [0.1, 0.15) is 40.7 Å². The maximum atomic E-state index is 11.8. The molecule has 1 aliphatic rings. The average Bonchev–Trinajstić information content (AvgIpc) is 3.11. The molecule has 0 spiro atoms. The molecule has 1 aromatic heterocycles. The summed E-state index contributed by atoms with van der Waals surface area (Å²) in [5.41, 5.74) is 7.85. The minimum atomic E-state index is -1.22. The van der Waals surface area contributed by atoms with Crippen LogP contribution in [0.5, 0.6) is 0 Å². The number of nitrogens with zero attached hydrogens (tertiary/aromatic N) is 3. The zero-order valence-corrected chi connectivity index (χ0v) is 16.6. The fourth-order valence-corrected chi connectivity index (χ4v) is 3.19. The monoisotopic (exact) mass is 395 g/mol. The average molecular weight is 395 g/mol. The van der Waals surface area contributed by atoms with Crippen LogP contribution in [0.3, 0.4) is 0 Å². The summed E-state index contributed by atoms with van der Waals surface area (Å²) < 4.78 is 1.75. The first-order valence-electron chi connectivity index (χ1n) is 9.43. The number of amides is 2. The molecule has 0 saturated carbocycles. The number of primary amides is 1. The van der Waals surface area contributed by atoms with Crippen LogP contribution < -0.4 is 11.1 Å². The molecule has 0 aliphatic carbocycles. The molecule has 8 nitrogen and oxygen atoms in total. The van der Waals surface area contributed by atoms with Crippen molar-refractivity contribution >= 4 is 12.3 Å². The van der Waals surface area contributed by atoms with Crippen LogP contribution in [0, 0.1) is 11.8 Å². The van der Waals surface area contributed by atoms with Crippen LogP contribution in [0.15, 0.2) is 24.3 Å².